The second-order valence-electron chi connectivity index (χ2n) is 6.08. The molecule has 1 aliphatic carbocycles. The minimum Gasteiger partial charge on any atom is -0.385 e. The van der Waals surface area contributed by atoms with E-state index in [4.69, 9.17) is 4.74 Å². The lowest BCUT2D eigenvalue weighted by atomic mass is 9.82. The lowest BCUT2D eigenvalue weighted by Crippen LogP contribution is -2.21. The molecular formula is C17H26N2O2. The number of methoxy groups -OCH3 is 1. The van der Waals surface area contributed by atoms with E-state index in [0.29, 0.717) is 0 Å². The number of amides is 1. The maximum Gasteiger partial charge on any atom is 0.250 e. The van der Waals surface area contributed by atoms with Crippen LogP contribution in [-0.2, 0) is 9.53 Å². The summed E-state index contributed by atoms with van der Waals surface area (Å²) in [6.07, 6.45) is 5.41. The molecule has 1 fully saturated rings. The lowest BCUT2D eigenvalue weighted by Gasteiger charge is -2.27. The first-order chi connectivity index (χ1) is 10.2. The molecule has 0 radical (unpaired) electrons. The van der Waals surface area contributed by atoms with Gasteiger partial charge in [0, 0.05) is 25.0 Å². The zero-order valence-electron chi connectivity index (χ0n) is 13.0. The Morgan fingerprint density at radius 3 is 2.62 bits per heavy atom. The Bertz CT molecular complexity index is 445. The number of hydrogen-bond acceptors (Lipinski definition) is 3. The Hall–Kier alpha value is -1.55. The molecule has 0 heterocycles. The summed E-state index contributed by atoms with van der Waals surface area (Å²) in [5.41, 5.74) is 1.91. The van der Waals surface area contributed by atoms with Crippen molar-refractivity contribution in [2.75, 3.05) is 30.9 Å². The van der Waals surface area contributed by atoms with E-state index in [1.54, 1.807) is 0 Å². The van der Waals surface area contributed by atoms with E-state index in [-0.39, 0.29) is 12.5 Å². The minimum absolute atomic E-state index is 0.0832. The molecule has 0 aliphatic heterocycles. The molecular weight excluding hydrogens is 264 g/mol. The summed E-state index contributed by atoms with van der Waals surface area (Å²) < 4.78 is 4.79. The van der Waals surface area contributed by atoms with E-state index in [1.807, 2.05) is 24.3 Å². The first kappa shape index (κ1) is 15.8. The van der Waals surface area contributed by atoms with Gasteiger partial charge in [-0.3, -0.25) is 4.79 Å². The Balaban J connectivity index is 1.78. The van der Waals surface area contributed by atoms with Gasteiger partial charge in [0.15, 0.2) is 0 Å². The molecule has 1 amide bonds. The number of carbonyl (C=O) groups is 1. The predicted molar refractivity (Wildman–Crippen MR) is 86.6 cm³/mol. The quantitative estimate of drug-likeness (QED) is 0.843. The molecule has 21 heavy (non-hydrogen) atoms. The third-order valence-corrected chi connectivity index (χ3v) is 4.08. The average molecular weight is 290 g/mol. The van der Waals surface area contributed by atoms with E-state index in [9.17, 15) is 4.79 Å². The Morgan fingerprint density at radius 2 is 1.95 bits per heavy atom. The van der Waals surface area contributed by atoms with Gasteiger partial charge >= 0.3 is 0 Å². The summed E-state index contributed by atoms with van der Waals surface area (Å²) in [6.45, 7) is 3.48. The van der Waals surface area contributed by atoms with Crippen molar-refractivity contribution in [1.29, 1.82) is 0 Å². The van der Waals surface area contributed by atoms with Crippen LogP contribution in [0.3, 0.4) is 0 Å². The van der Waals surface area contributed by atoms with Gasteiger partial charge in [0.2, 0.25) is 5.91 Å². The Morgan fingerprint density at radius 1 is 1.24 bits per heavy atom. The van der Waals surface area contributed by atoms with E-state index in [1.165, 1.54) is 32.8 Å². The van der Waals surface area contributed by atoms with Gasteiger partial charge in [-0.15, -0.1) is 0 Å². The van der Waals surface area contributed by atoms with Gasteiger partial charge in [-0.2, -0.15) is 0 Å². The summed E-state index contributed by atoms with van der Waals surface area (Å²) in [6, 6.07) is 7.85. The molecule has 1 aromatic carbocycles. The van der Waals surface area contributed by atoms with Gasteiger partial charge in [0.1, 0.15) is 6.61 Å². The first-order valence-corrected chi connectivity index (χ1v) is 7.80. The smallest absolute Gasteiger partial charge is 0.250 e. The highest BCUT2D eigenvalue weighted by atomic mass is 16.5. The second-order valence-corrected chi connectivity index (χ2v) is 6.08. The first-order valence-electron chi connectivity index (χ1n) is 7.80. The van der Waals surface area contributed by atoms with Gasteiger partial charge in [-0.25, -0.2) is 0 Å². The fraction of sp³-hybridized carbons (Fsp3) is 0.588. The average Bonchev–Trinajstić information content (AvgIpc) is 2.47. The maximum atomic E-state index is 11.4. The largest absolute Gasteiger partial charge is 0.385 e. The SMILES string of the molecule is COCC(=O)Nc1ccc(NCC2CCCC(C)C2)cc1. The monoisotopic (exact) mass is 290 g/mol. The highest BCUT2D eigenvalue weighted by Gasteiger charge is 2.18. The van der Waals surface area contributed by atoms with Crippen molar-refractivity contribution in [2.45, 2.75) is 32.6 Å². The highest BCUT2D eigenvalue weighted by Crippen LogP contribution is 2.28. The summed E-state index contributed by atoms with van der Waals surface area (Å²) in [5.74, 6) is 1.52. The highest BCUT2D eigenvalue weighted by molar-refractivity contribution is 5.91. The van der Waals surface area contributed by atoms with Crippen molar-refractivity contribution in [1.82, 2.24) is 0 Å². The van der Waals surface area contributed by atoms with Crippen molar-refractivity contribution < 1.29 is 9.53 Å². The fourth-order valence-corrected chi connectivity index (χ4v) is 3.01. The Labute approximate surface area is 127 Å². The van der Waals surface area contributed by atoms with Crippen LogP contribution in [0.15, 0.2) is 24.3 Å². The van der Waals surface area contributed by atoms with E-state index in [0.717, 1.165) is 29.8 Å². The number of benzene rings is 1. The number of carbonyl (C=O) groups excluding carboxylic acids is 1. The topological polar surface area (TPSA) is 50.4 Å². The molecule has 1 saturated carbocycles. The van der Waals surface area contributed by atoms with Crippen molar-refractivity contribution in [3.63, 3.8) is 0 Å². The van der Waals surface area contributed by atoms with E-state index >= 15 is 0 Å². The third-order valence-electron chi connectivity index (χ3n) is 4.08. The summed E-state index contributed by atoms with van der Waals surface area (Å²) in [5, 5.41) is 6.29. The van der Waals surface area contributed by atoms with Crippen LogP contribution in [0, 0.1) is 11.8 Å². The number of ether oxygens (including phenoxy) is 1. The molecule has 0 bridgehead atoms. The molecule has 1 aliphatic rings. The standard InChI is InChI=1S/C17H26N2O2/c1-13-4-3-5-14(10-13)11-18-15-6-8-16(9-7-15)19-17(20)12-21-2/h6-9,13-14,18H,3-5,10-12H2,1-2H3,(H,19,20). The molecule has 1 aromatic rings. The normalized spacial score (nSPS) is 21.8. The van der Waals surface area contributed by atoms with E-state index in [2.05, 4.69) is 17.6 Å². The molecule has 4 nitrogen and oxygen atoms in total. The zero-order chi connectivity index (χ0) is 15.1. The minimum atomic E-state index is -0.130. The summed E-state index contributed by atoms with van der Waals surface area (Å²) in [7, 11) is 1.51. The van der Waals surface area contributed by atoms with Crippen LogP contribution in [0.4, 0.5) is 11.4 Å². The molecule has 2 atom stereocenters. The van der Waals surface area contributed by atoms with Crippen LogP contribution in [0.5, 0.6) is 0 Å². The van der Waals surface area contributed by atoms with Crippen molar-refractivity contribution in [2.24, 2.45) is 11.8 Å². The molecule has 0 spiro atoms. The van der Waals surface area contributed by atoms with Gasteiger partial charge in [0.25, 0.3) is 0 Å². The van der Waals surface area contributed by atoms with Crippen LogP contribution < -0.4 is 10.6 Å². The van der Waals surface area contributed by atoms with Gasteiger partial charge in [0.05, 0.1) is 0 Å². The van der Waals surface area contributed by atoms with Crippen LogP contribution in [-0.4, -0.2) is 26.2 Å². The zero-order valence-corrected chi connectivity index (χ0v) is 13.0. The molecule has 2 unspecified atom stereocenters. The van der Waals surface area contributed by atoms with Crippen molar-refractivity contribution in [3.05, 3.63) is 24.3 Å². The molecule has 2 N–H and O–H groups in total. The van der Waals surface area contributed by atoms with Crippen molar-refractivity contribution >= 4 is 17.3 Å². The number of rotatable bonds is 6. The van der Waals surface area contributed by atoms with Crippen LogP contribution in [0.25, 0.3) is 0 Å². The third kappa shape index (κ3) is 5.38. The van der Waals surface area contributed by atoms with Crippen LogP contribution in [0.2, 0.25) is 0 Å². The predicted octanol–water partition coefficient (Wildman–Crippen LogP) is 3.51. The lowest BCUT2D eigenvalue weighted by molar-refractivity contribution is -0.119. The van der Waals surface area contributed by atoms with Crippen molar-refractivity contribution in [3.8, 4) is 0 Å². The Kier molecular flexibility index (Phi) is 6.05. The molecule has 2 rings (SSSR count). The van der Waals surface area contributed by atoms with Gasteiger partial charge in [-0.1, -0.05) is 19.8 Å². The summed E-state index contributed by atoms with van der Waals surface area (Å²) >= 11 is 0. The van der Waals surface area contributed by atoms with Crippen LogP contribution >= 0.6 is 0 Å². The van der Waals surface area contributed by atoms with E-state index < -0.39 is 0 Å². The van der Waals surface area contributed by atoms with Gasteiger partial charge in [-0.05, 0) is 48.9 Å². The molecule has 4 heteroatoms. The summed E-state index contributed by atoms with van der Waals surface area (Å²) in [4.78, 5) is 11.4. The number of anilines is 2. The van der Waals surface area contributed by atoms with Crippen LogP contribution in [0.1, 0.15) is 32.6 Å². The molecule has 0 saturated heterocycles. The maximum absolute atomic E-state index is 11.4. The fourth-order valence-electron chi connectivity index (χ4n) is 3.01. The number of nitrogens with one attached hydrogen (secondary N) is 2. The second kappa shape index (κ2) is 8.03. The number of hydrogen-bond donors (Lipinski definition) is 2. The molecule has 116 valence electrons. The van der Waals surface area contributed by atoms with Gasteiger partial charge < -0.3 is 15.4 Å². The molecule has 0 aromatic heterocycles.